The monoisotopic (exact) mass is 305 g/mol. The lowest BCUT2D eigenvalue weighted by atomic mass is 9.74. The summed E-state index contributed by atoms with van der Waals surface area (Å²) in [6.07, 6.45) is -0.460. The van der Waals surface area contributed by atoms with Gasteiger partial charge in [-0.3, -0.25) is 4.79 Å². The Morgan fingerprint density at radius 1 is 1.27 bits per heavy atom. The topological polar surface area (TPSA) is 66.8 Å². The largest absolute Gasteiger partial charge is 0.481 e. The molecular formula is C17H23NO4. The first kappa shape index (κ1) is 16.3. The number of hydrogen-bond acceptors (Lipinski definition) is 3. The highest BCUT2D eigenvalue weighted by Crippen LogP contribution is 2.39. The van der Waals surface area contributed by atoms with E-state index in [9.17, 15) is 14.7 Å². The summed E-state index contributed by atoms with van der Waals surface area (Å²) in [6, 6.07) is 9.48. The van der Waals surface area contributed by atoms with Gasteiger partial charge >= 0.3 is 12.1 Å². The van der Waals surface area contributed by atoms with E-state index >= 15 is 0 Å². The van der Waals surface area contributed by atoms with Gasteiger partial charge in [0, 0.05) is 18.5 Å². The van der Waals surface area contributed by atoms with Gasteiger partial charge < -0.3 is 14.7 Å². The van der Waals surface area contributed by atoms with Crippen molar-refractivity contribution in [3.63, 3.8) is 0 Å². The van der Waals surface area contributed by atoms with Crippen LogP contribution in [0.5, 0.6) is 0 Å². The lowest BCUT2D eigenvalue weighted by molar-refractivity contribution is -0.142. The first-order valence-electron chi connectivity index (χ1n) is 7.40. The Balaban J connectivity index is 2.28. The van der Waals surface area contributed by atoms with E-state index in [-0.39, 0.29) is 6.54 Å². The second-order valence-corrected chi connectivity index (χ2v) is 7.04. The molecule has 2 atom stereocenters. The number of rotatable bonds is 2. The zero-order chi connectivity index (χ0) is 16.5. The minimum atomic E-state index is -0.891. The molecule has 0 spiro atoms. The predicted molar refractivity (Wildman–Crippen MR) is 82.7 cm³/mol. The molecule has 1 saturated heterocycles. The van der Waals surface area contributed by atoms with E-state index < -0.39 is 29.0 Å². The fourth-order valence-corrected chi connectivity index (χ4v) is 2.92. The molecular weight excluding hydrogens is 282 g/mol. The molecule has 1 N–H and O–H groups in total. The smallest absolute Gasteiger partial charge is 0.410 e. The molecule has 1 aliphatic heterocycles. The quantitative estimate of drug-likeness (QED) is 0.912. The van der Waals surface area contributed by atoms with Gasteiger partial charge in [-0.2, -0.15) is 0 Å². The lowest BCUT2D eigenvalue weighted by Crippen LogP contribution is -2.38. The highest BCUT2D eigenvalue weighted by atomic mass is 16.6. The first-order valence-corrected chi connectivity index (χ1v) is 7.40. The van der Waals surface area contributed by atoms with Gasteiger partial charge in [0.25, 0.3) is 0 Å². The Morgan fingerprint density at radius 3 is 2.36 bits per heavy atom. The molecule has 2 rings (SSSR count). The van der Waals surface area contributed by atoms with Gasteiger partial charge in [0.15, 0.2) is 0 Å². The fourth-order valence-electron chi connectivity index (χ4n) is 2.92. The van der Waals surface area contributed by atoms with E-state index in [1.165, 1.54) is 4.90 Å². The highest BCUT2D eigenvalue weighted by molar-refractivity contribution is 5.77. The number of aliphatic carboxylic acids is 1. The van der Waals surface area contributed by atoms with Crippen LogP contribution in [-0.2, 0) is 14.9 Å². The summed E-state index contributed by atoms with van der Waals surface area (Å²) in [4.78, 5) is 25.4. The van der Waals surface area contributed by atoms with Crippen molar-refractivity contribution in [3.05, 3.63) is 35.9 Å². The minimum absolute atomic E-state index is 0.162. The molecule has 1 aromatic carbocycles. The molecule has 0 radical (unpaired) electrons. The molecule has 1 aromatic rings. The maximum atomic E-state index is 12.3. The predicted octanol–water partition coefficient (Wildman–Crippen LogP) is 2.90. The van der Waals surface area contributed by atoms with Crippen LogP contribution in [0.2, 0.25) is 0 Å². The van der Waals surface area contributed by atoms with E-state index in [0.717, 1.165) is 5.56 Å². The summed E-state index contributed by atoms with van der Waals surface area (Å²) >= 11 is 0. The number of carbonyl (C=O) groups excluding carboxylic acids is 1. The average molecular weight is 305 g/mol. The van der Waals surface area contributed by atoms with Gasteiger partial charge in [-0.1, -0.05) is 37.3 Å². The lowest BCUT2D eigenvalue weighted by Gasteiger charge is -2.29. The molecule has 5 nitrogen and oxygen atoms in total. The van der Waals surface area contributed by atoms with Crippen LogP contribution in [0, 0.1) is 5.92 Å². The molecule has 0 unspecified atom stereocenters. The Kier molecular flexibility index (Phi) is 4.18. The maximum absolute atomic E-state index is 12.3. The third kappa shape index (κ3) is 3.24. The van der Waals surface area contributed by atoms with Gasteiger partial charge in [-0.15, -0.1) is 0 Å². The molecule has 1 amide bonds. The SMILES string of the molecule is CC(C)(C)OC(=O)N1C[C@@H](C(=O)O)[C@](C)(c2ccccc2)C1. The summed E-state index contributed by atoms with van der Waals surface area (Å²) in [6.45, 7) is 7.79. The Hall–Kier alpha value is -2.04. The number of likely N-dealkylation sites (tertiary alicyclic amines) is 1. The molecule has 0 aliphatic carbocycles. The second kappa shape index (κ2) is 5.63. The van der Waals surface area contributed by atoms with Crippen molar-refractivity contribution in [1.29, 1.82) is 0 Å². The Labute approximate surface area is 130 Å². The summed E-state index contributed by atoms with van der Waals surface area (Å²) in [7, 11) is 0. The van der Waals surface area contributed by atoms with Crippen LogP contribution in [0.25, 0.3) is 0 Å². The maximum Gasteiger partial charge on any atom is 0.410 e. The van der Waals surface area contributed by atoms with Gasteiger partial charge in [0.2, 0.25) is 0 Å². The molecule has 1 aliphatic rings. The zero-order valence-electron chi connectivity index (χ0n) is 13.5. The van der Waals surface area contributed by atoms with Crippen LogP contribution in [0.15, 0.2) is 30.3 Å². The van der Waals surface area contributed by atoms with Crippen molar-refractivity contribution >= 4 is 12.1 Å². The molecule has 22 heavy (non-hydrogen) atoms. The van der Waals surface area contributed by atoms with Crippen LogP contribution in [-0.4, -0.2) is 40.8 Å². The minimum Gasteiger partial charge on any atom is -0.481 e. The van der Waals surface area contributed by atoms with Crippen molar-refractivity contribution in [1.82, 2.24) is 4.90 Å². The molecule has 1 heterocycles. The van der Waals surface area contributed by atoms with Crippen LogP contribution < -0.4 is 0 Å². The van der Waals surface area contributed by atoms with Crippen LogP contribution in [0.3, 0.4) is 0 Å². The normalized spacial score (nSPS) is 25.1. The van der Waals surface area contributed by atoms with Gasteiger partial charge in [0.05, 0.1) is 5.92 Å². The number of ether oxygens (including phenoxy) is 1. The standard InChI is InChI=1S/C17H23NO4/c1-16(2,3)22-15(21)18-10-13(14(19)20)17(4,11-18)12-8-6-5-7-9-12/h5-9,13H,10-11H2,1-4H3,(H,19,20)/t13-,17-/m0/s1. The fraction of sp³-hybridized carbons (Fsp3) is 0.529. The Bertz CT molecular complexity index is 564. The summed E-state index contributed by atoms with van der Waals surface area (Å²) in [5.41, 5.74) is -0.292. The number of amides is 1. The number of carboxylic acid groups (broad SMARTS) is 1. The van der Waals surface area contributed by atoms with Gasteiger partial charge in [-0.25, -0.2) is 4.79 Å². The number of nitrogens with zero attached hydrogens (tertiary/aromatic N) is 1. The van der Waals surface area contributed by atoms with E-state index in [1.807, 2.05) is 37.3 Å². The second-order valence-electron chi connectivity index (χ2n) is 7.04. The van der Waals surface area contributed by atoms with Crippen LogP contribution in [0.1, 0.15) is 33.3 Å². The van der Waals surface area contributed by atoms with Crippen LogP contribution in [0.4, 0.5) is 4.79 Å². The number of benzene rings is 1. The molecule has 5 heteroatoms. The number of hydrogen-bond donors (Lipinski definition) is 1. The van der Waals surface area contributed by atoms with E-state index in [0.29, 0.717) is 6.54 Å². The van der Waals surface area contributed by atoms with Gasteiger partial charge in [-0.05, 0) is 26.3 Å². The third-order valence-electron chi connectivity index (χ3n) is 4.07. The Morgan fingerprint density at radius 2 is 1.86 bits per heavy atom. The number of carboxylic acids is 1. The van der Waals surface area contributed by atoms with E-state index in [4.69, 9.17) is 4.74 Å². The van der Waals surface area contributed by atoms with Crippen molar-refractivity contribution < 1.29 is 19.4 Å². The molecule has 0 bridgehead atoms. The summed E-state index contributed by atoms with van der Waals surface area (Å²) in [5, 5.41) is 9.56. The van der Waals surface area contributed by atoms with Crippen LogP contribution >= 0.6 is 0 Å². The molecule has 120 valence electrons. The van der Waals surface area contributed by atoms with Crippen molar-refractivity contribution in [2.24, 2.45) is 5.92 Å². The zero-order valence-corrected chi connectivity index (χ0v) is 13.5. The van der Waals surface area contributed by atoms with Crippen molar-refractivity contribution in [2.45, 2.75) is 38.7 Å². The first-order chi connectivity index (χ1) is 10.1. The molecule has 1 fully saturated rings. The summed E-state index contributed by atoms with van der Waals surface area (Å²) < 4.78 is 5.37. The van der Waals surface area contributed by atoms with Crippen molar-refractivity contribution in [3.8, 4) is 0 Å². The molecule has 0 aromatic heterocycles. The third-order valence-corrected chi connectivity index (χ3v) is 4.07. The highest BCUT2D eigenvalue weighted by Gasteiger charge is 2.50. The number of carbonyl (C=O) groups is 2. The van der Waals surface area contributed by atoms with Gasteiger partial charge in [0.1, 0.15) is 5.60 Å². The van der Waals surface area contributed by atoms with E-state index in [1.54, 1.807) is 20.8 Å². The average Bonchev–Trinajstić information content (AvgIpc) is 2.78. The summed E-state index contributed by atoms with van der Waals surface area (Å²) in [5.74, 6) is -1.54. The van der Waals surface area contributed by atoms with Crippen molar-refractivity contribution in [2.75, 3.05) is 13.1 Å². The van der Waals surface area contributed by atoms with E-state index in [2.05, 4.69) is 0 Å². The molecule has 0 saturated carbocycles.